The lowest BCUT2D eigenvalue weighted by molar-refractivity contribution is 0.0730. The summed E-state index contributed by atoms with van der Waals surface area (Å²) in [6.45, 7) is 0.305. The minimum Gasteiger partial charge on any atom is -0.508 e. The third-order valence-electron chi connectivity index (χ3n) is 5.91. The molecule has 6 nitrogen and oxygen atoms in total. The van der Waals surface area contributed by atoms with Crippen molar-refractivity contribution in [3.05, 3.63) is 105 Å². The highest BCUT2D eigenvalue weighted by Gasteiger charge is 2.42. The first-order valence-electron chi connectivity index (χ1n) is 10.5. The lowest BCUT2D eigenvalue weighted by Crippen LogP contribution is -2.31. The molecule has 1 atom stereocenters. The monoisotopic (exact) mass is 445 g/mol. The molecule has 3 aromatic carbocycles. The summed E-state index contributed by atoms with van der Waals surface area (Å²) in [6, 6.07) is 16.8. The van der Waals surface area contributed by atoms with Crippen LogP contribution in [0.5, 0.6) is 11.5 Å². The average Bonchev–Trinajstić information content (AvgIpc) is 3.10. The number of hydrogen-bond acceptors (Lipinski definition) is 5. The Hall–Kier alpha value is -4.13. The summed E-state index contributed by atoms with van der Waals surface area (Å²) in [5.41, 5.74) is 1.40. The first-order chi connectivity index (χ1) is 16.0. The van der Waals surface area contributed by atoms with Gasteiger partial charge in [0.05, 0.1) is 24.1 Å². The second kappa shape index (κ2) is 8.09. The Labute approximate surface area is 188 Å². The Morgan fingerprint density at radius 2 is 1.85 bits per heavy atom. The summed E-state index contributed by atoms with van der Waals surface area (Å²) in [4.78, 5) is 28.3. The molecule has 0 radical (unpaired) electrons. The molecule has 1 aliphatic rings. The van der Waals surface area contributed by atoms with Crippen molar-refractivity contribution in [2.75, 3.05) is 13.7 Å². The highest BCUT2D eigenvalue weighted by atomic mass is 19.1. The number of phenolic OH excluding ortho intramolecular Hbond substituents is 1. The van der Waals surface area contributed by atoms with Crippen molar-refractivity contribution in [3.63, 3.8) is 0 Å². The number of hydrogen-bond donors (Lipinski definition) is 1. The number of benzene rings is 3. The van der Waals surface area contributed by atoms with E-state index in [0.29, 0.717) is 18.5 Å². The third kappa shape index (κ3) is 3.61. The fourth-order valence-electron chi connectivity index (χ4n) is 4.31. The van der Waals surface area contributed by atoms with Crippen LogP contribution in [0.1, 0.15) is 33.3 Å². The topological polar surface area (TPSA) is 80.0 Å². The Bertz CT molecular complexity index is 1430. The van der Waals surface area contributed by atoms with Gasteiger partial charge in [0.1, 0.15) is 22.9 Å². The van der Waals surface area contributed by atoms with Crippen LogP contribution in [0, 0.1) is 5.82 Å². The predicted octanol–water partition coefficient (Wildman–Crippen LogP) is 4.43. The standard InChI is InChI=1S/C26H20FNO5/c1-32-19-8-5-15(6-9-19)11-12-28-23(16-3-2-4-18(29)13-16)22-24(30)20-14-17(27)7-10-21(20)33-25(22)26(28)31/h2-10,13-14,23,29H,11-12H2,1H3/t23-/m1/s1. The molecule has 0 bridgehead atoms. The number of fused-ring (bicyclic) bond motifs is 2. The van der Waals surface area contributed by atoms with Gasteiger partial charge < -0.3 is 19.2 Å². The average molecular weight is 445 g/mol. The fraction of sp³-hybridized carbons (Fsp3) is 0.154. The number of nitrogens with zero attached hydrogens (tertiary/aromatic N) is 1. The molecule has 1 aliphatic heterocycles. The van der Waals surface area contributed by atoms with E-state index < -0.39 is 23.2 Å². The van der Waals surface area contributed by atoms with Crippen LogP contribution in [-0.2, 0) is 6.42 Å². The lowest BCUT2D eigenvalue weighted by atomic mass is 9.98. The Morgan fingerprint density at radius 3 is 2.58 bits per heavy atom. The van der Waals surface area contributed by atoms with E-state index in [-0.39, 0.29) is 28.0 Å². The molecule has 0 saturated heterocycles. The summed E-state index contributed by atoms with van der Waals surface area (Å²) >= 11 is 0. The molecule has 1 aromatic heterocycles. The van der Waals surface area contributed by atoms with Gasteiger partial charge >= 0.3 is 0 Å². The van der Waals surface area contributed by atoms with Gasteiger partial charge in [0.2, 0.25) is 5.76 Å². The minimum atomic E-state index is -0.762. The van der Waals surface area contributed by atoms with Gasteiger partial charge in [-0.25, -0.2) is 4.39 Å². The molecule has 0 aliphatic carbocycles. The summed E-state index contributed by atoms with van der Waals surface area (Å²) in [7, 11) is 1.59. The molecule has 1 amide bonds. The maximum absolute atomic E-state index is 13.9. The molecule has 0 spiro atoms. The lowest BCUT2D eigenvalue weighted by Gasteiger charge is -2.25. The normalized spacial score (nSPS) is 15.2. The van der Waals surface area contributed by atoms with Crippen LogP contribution < -0.4 is 10.2 Å². The Kier molecular flexibility index (Phi) is 5.09. The quantitative estimate of drug-likeness (QED) is 0.492. The molecule has 33 heavy (non-hydrogen) atoms. The number of phenols is 1. The largest absolute Gasteiger partial charge is 0.508 e. The molecular formula is C26H20FNO5. The third-order valence-corrected chi connectivity index (χ3v) is 5.91. The Balaban J connectivity index is 1.61. The maximum atomic E-state index is 13.9. The zero-order chi connectivity index (χ0) is 23.1. The molecular weight excluding hydrogens is 425 g/mol. The Morgan fingerprint density at radius 1 is 1.06 bits per heavy atom. The van der Waals surface area contributed by atoms with Gasteiger partial charge in [0, 0.05) is 6.54 Å². The van der Waals surface area contributed by atoms with Crippen LogP contribution in [0.25, 0.3) is 11.0 Å². The van der Waals surface area contributed by atoms with E-state index in [1.54, 1.807) is 24.1 Å². The number of amides is 1. The number of ether oxygens (including phenoxy) is 1. The highest BCUT2D eigenvalue weighted by molar-refractivity contribution is 5.99. The first kappa shape index (κ1) is 20.8. The summed E-state index contributed by atoms with van der Waals surface area (Å²) in [5.74, 6) is -0.295. The van der Waals surface area contributed by atoms with E-state index in [1.165, 1.54) is 24.3 Å². The van der Waals surface area contributed by atoms with Crippen LogP contribution in [0.4, 0.5) is 4.39 Å². The van der Waals surface area contributed by atoms with Crippen LogP contribution in [0.15, 0.2) is 75.9 Å². The highest BCUT2D eigenvalue weighted by Crippen LogP contribution is 2.39. The minimum absolute atomic E-state index is 0.0136. The van der Waals surface area contributed by atoms with Gasteiger partial charge in [0.15, 0.2) is 5.43 Å². The van der Waals surface area contributed by atoms with Gasteiger partial charge in [-0.2, -0.15) is 0 Å². The van der Waals surface area contributed by atoms with E-state index in [9.17, 15) is 19.1 Å². The van der Waals surface area contributed by atoms with Crippen molar-refractivity contribution in [3.8, 4) is 11.5 Å². The van der Waals surface area contributed by atoms with Crippen molar-refractivity contribution in [1.29, 1.82) is 0 Å². The molecule has 0 fully saturated rings. The fourth-order valence-corrected chi connectivity index (χ4v) is 4.31. The van der Waals surface area contributed by atoms with Crippen LogP contribution in [-0.4, -0.2) is 29.6 Å². The van der Waals surface area contributed by atoms with Gasteiger partial charge in [-0.1, -0.05) is 24.3 Å². The molecule has 2 heterocycles. The first-order valence-corrected chi connectivity index (χ1v) is 10.5. The molecule has 0 unspecified atom stereocenters. The number of rotatable bonds is 5. The van der Waals surface area contributed by atoms with Gasteiger partial charge in [-0.15, -0.1) is 0 Å². The summed E-state index contributed by atoms with van der Waals surface area (Å²) in [5, 5.41) is 10.1. The van der Waals surface area contributed by atoms with E-state index in [4.69, 9.17) is 9.15 Å². The smallest absolute Gasteiger partial charge is 0.290 e. The van der Waals surface area contributed by atoms with E-state index >= 15 is 0 Å². The zero-order valence-electron chi connectivity index (χ0n) is 17.7. The molecule has 7 heteroatoms. The summed E-state index contributed by atoms with van der Waals surface area (Å²) < 4.78 is 24.9. The van der Waals surface area contributed by atoms with Gasteiger partial charge in [-0.05, 0) is 60.0 Å². The summed E-state index contributed by atoms with van der Waals surface area (Å²) in [6.07, 6.45) is 0.529. The van der Waals surface area contributed by atoms with Gasteiger partial charge in [-0.3, -0.25) is 9.59 Å². The zero-order valence-corrected chi connectivity index (χ0v) is 17.7. The number of carbonyl (C=O) groups is 1. The molecule has 4 aromatic rings. The van der Waals surface area contributed by atoms with Crippen LogP contribution in [0.2, 0.25) is 0 Å². The number of aromatic hydroxyl groups is 1. The van der Waals surface area contributed by atoms with Crippen molar-refractivity contribution in [2.24, 2.45) is 0 Å². The molecule has 1 N–H and O–H groups in total. The van der Waals surface area contributed by atoms with Crippen molar-refractivity contribution in [2.45, 2.75) is 12.5 Å². The van der Waals surface area contributed by atoms with Crippen molar-refractivity contribution in [1.82, 2.24) is 4.90 Å². The molecule has 0 saturated carbocycles. The predicted molar refractivity (Wildman–Crippen MR) is 120 cm³/mol. The maximum Gasteiger partial charge on any atom is 0.290 e. The molecule has 5 rings (SSSR count). The van der Waals surface area contributed by atoms with Gasteiger partial charge in [0.25, 0.3) is 5.91 Å². The number of halogens is 1. The van der Waals surface area contributed by atoms with Crippen LogP contribution >= 0.6 is 0 Å². The van der Waals surface area contributed by atoms with Crippen molar-refractivity contribution < 1.29 is 23.4 Å². The number of carbonyl (C=O) groups excluding carboxylic acids is 1. The second-order valence-electron chi connectivity index (χ2n) is 7.91. The van der Waals surface area contributed by atoms with Crippen molar-refractivity contribution >= 4 is 16.9 Å². The molecule has 166 valence electrons. The number of methoxy groups -OCH3 is 1. The van der Waals surface area contributed by atoms with E-state index in [2.05, 4.69) is 0 Å². The van der Waals surface area contributed by atoms with Crippen LogP contribution in [0.3, 0.4) is 0 Å². The SMILES string of the molecule is COc1ccc(CCN2C(=O)c3oc4ccc(F)cc4c(=O)c3[C@H]2c2cccc(O)c2)cc1. The van der Waals surface area contributed by atoms with E-state index in [1.807, 2.05) is 24.3 Å². The van der Waals surface area contributed by atoms with E-state index in [0.717, 1.165) is 17.4 Å². The second-order valence-corrected chi connectivity index (χ2v) is 7.91.